The van der Waals surface area contributed by atoms with Crippen molar-refractivity contribution in [1.82, 2.24) is 4.57 Å². The lowest BCUT2D eigenvalue weighted by molar-refractivity contribution is -0.122. The number of thiazole rings is 1. The Hall–Kier alpha value is -3.87. The number of anilines is 2. The molecule has 198 valence electrons. The predicted molar refractivity (Wildman–Crippen MR) is 150 cm³/mol. The maximum atomic E-state index is 13.8. The van der Waals surface area contributed by atoms with Crippen molar-refractivity contribution in [3.05, 3.63) is 85.5 Å². The van der Waals surface area contributed by atoms with Crippen LogP contribution < -0.4 is 19.8 Å². The molecule has 3 atom stereocenters. The van der Waals surface area contributed by atoms with Crippen LogP contribution in [0.2, 0.25) is 0 Å². The second-order valence-corrected chi connectivity index (χ2v) is 12.1. The average molecular weight is 580 g/mol. The van der Waals surface area contributed by atoms with Crippen molar-refractivity contribution in [3.8, 4) is 11.5 Å². The summed E-state index contributed by atoms with van der Waals surface area (Å²) in [5.41, 5.74) is 0.936. The van der Waals surface area contributed by atoms with E-state index in [-0.39, 0.29) is 29.0 Å². The second kappa shape index (κ2) is 10.0. The molecule has 6 rings (SSSR count). The molecule has 0 saturated carbocycles. The minimum Gasteiger partial charge on any atom is -0.508 e. The van der Waals surface area contributed by atoms with Crippen LogP contribution in [0, 0.1) is 5.92 Å². The first-order chi connectivity index (χ1) is 18.9. The summed E-state index contributed by atoms with van der Waals surface area (Å²) < 4.78 is 6.59. The number of carbonyl (C=O) groups is 3. The highest BCUT2D eigenvalue weighted by atomic mass is 32.2. The summed E-state index contributed by atoms with van der Waals surface area (Å²) in [6, 6.07) is 16.6. The Labute approximate surface area is 234 Å². The molecule has 12 heteroatoms. The highest BCUT2D eigenvalue weighted by Crippen LogP contribution is 2.54. The summed E-state index contributed by atoms with van der Waals surface area (Å²) in [6.45, 7) is -0.253. The fraction of sp³-hybridized carbons (Fsp3) is 0.185. The monoisotopic (exact) mass is 579 g/mol. The SMILES string of the molecule is COc1ccc(N2C(=O)[C@H]3[C@H](c4cccs4)c4sc(=O)n(CC(=O)Nc5ccc(O)cc5)c4S[C@H]3C2=O)cc1. The largest absolute Gasteiger partial charge is 0.508 e. The van der Waals surface area contributed by atoms with E-state index in [1.807, 2.05) is 17.5 Å². The lowest BCUT2D eigenvalue weighted by Crippen LogP contribution is -2.32. The number of nitrogens with zero attached hydrogens (tertiary/aromatic N) is 2. The molecule has 39 heavy (non-hydrogen) atoms. The first-order valence-electron chi connectivity index (χ1n) is 11.9. The molecule has 2 aliphatic heterocycles. The topological polar surface area (TPSA) is 118 Å². The normalized spacial score (nSPS) is 20.0. The number of ether oxygens (including phenoxy) is 1. The molecule has 2 N–H and O–H groups in total. The Morgan fingerprint density at radius 3 is 2.44 bits per heavy atom. The van der Waals surface area contributed by atoms with E-state index in [0.29, 0.717) is 27.0 Å². The maximum absolute atomic E-state index is 13.8. The first-order valence-corrected chi connectivity index (χ1v) is 14.5. The number of thioether (sulfide) groups is 1. The molecule has 3 amide bonds. The van der Waals surface area contributed by atoms with Gasteiger partial charge < -0.3 is 15.2 Å². The number of hydrogen-bond acceptors (Lipinski definition) is 9. The number of aromatic nitrogens is 1. The van der Waals surface area contributed by atoms with Crippen LogP contribution in [0.4, 0.5) is 11.4 Å². The molecule has 4 aromatic rings. The van der Waals surface area contributed by atoms with Gasteiger partial charge in [-0.3, -0.25) is 23.7 Å². The molecule has 1 fully saturated rings. The molecule has 0 aliphatic carbocycles. The van der Waals surface area contributed by atoms with Crippen LogP contribution in [0.5, 0.6) is 11.5 Å². The minimum absolute atomic E-state index is 0.0705. The van der Waals surface area contributed by atoms with Gasteiger partial charge in [0.1, 0.15) is 23.3 Å². The Morgan fingerprint density at radius 1 is 1.03 bits per heavy atom. The Morgan fingerprint density at radius 2 is 1.77 bits per heavy atom. The van der Waals surface area contributed by atoms with E-state index in [4.69, 9.17) is 4.74 Å². The summed E-state index contributed by atoms with van der Waals surface area (Å²) in [6.07, 6.45) is 0. The van der Waals surface area contributed by atoms with Gasteiger partial charge in [0.25, 0.3) is 0 Å². The van der Waals surface area contributed by atoms with Gasteiger partial charge in [-0.1, -0.05) is 29.2 Å². The third kappa shape index (κ3) is 4.44. The van der Waals surface area contributed by atoms with Gasteiger partial charge in [-0.25, -0.2) is 4.90 Å². The summed E-state index contributed by atoms with van der Waals surface area (Å²) in [5.74, 6) is -1.58. The van der Waals surface area contributed by atoms with E-state index in [1.54, 1.807) is 43.5 Å². The number of fused-ring (bicyclic) bond motifs is 2. The number of amides is 3. The van der Waals surface area contributed by atoms with Crippen LogP contribution in [-0.4, -0.2) is 39.8 Å². The first kappa shape index (κ1) is 25.4. The zero-order valence-electron chi connectivity index (χ0n) is 20.4. The van der Waals surface area contributed by atoms with Gasteiger partial charge in [0.05, 0.1) is 23.7 Å². The third-order valence-corrected chi connectivity index (χ3v) is 10.2. The van der Waals surface area contributed by atoms with E-state index in [0.717, 1.165) is 16.2 Å². The molecule has 0 bridgehead atoms. The average Bonchev–Trinajstić information content (AvgIpc) is 3.63. The number of hydrogen-bond donors (Lipinski definition) is 2. The second-order valence-electron chi connectivity index (χ2n) is 8.99. The summed E-state index contributed by atoms with van der Waals surface area (Å²) in [5, 5.41) is 13.9. The number of phenolic OH excluding ortho intramolecular Hbond substituents is 1. The number of rotatable bonds is 6. The standard InChI is InChI=1S/C27H21N3O6S3/c1-36-17-10-6-15(7-11-17)30-24(33)21-20(18-3-2-12-37-18)23-26(38-22(21)25(30)34)29(27(35)39-23)13-19(32)28-14-4-8-16(31)9-5-14/h2-12,20-22,31H,13H2,1H3,(H,28,32)/t20-,21-,22+/m0/s1. The van der Waals surface area contributed by atoms with E-state index in [1.165, 1.54) is 44.7 Å². The molecule has 0 radical (unpaired) electrons. The summed E-state index contributed by atoms with van der Waals surface area (Å²) in [4.78, 5) is 56.0. The van der Waals surface area contributed by atoms with Crippen LogP contribution in [0.15, 0.2) is 75.9 Å². The van der Waals surface area contributed by atoms with Crippen LogP contribution in [-0.2, 0) is 20.9 Å². The number of methoxy groups -OCH3 is 1. The minimum atomic E-state index is -0.750. The molecule has 2 aromatic carbocycles. The van der Waals surface area contributed by atoms with Gasteiger partial charge in [0.15, 0.2) is 0 Å². The van der Waals surface area contributed by atoms with Crippen LogP contribution >= 0.6 is 34.4 Å². The molecular formula is C27H21N3O6S3. The van der Waals surface area contributed by atoms with Gasteiger partial charge in [0, 0.05) is 21.4 Å². The van der Waals surface area contributed by atoms with Crippen molar-refractivity contribution in [1.29, 1.82) is 0 Å². The number of benzene rings is 2. The Kier molecular flexibility index (Phi) is 6.53. The van der Waals surface area contributed by atoms with Crippen molar-refractivity contribution in [3.63, 3.8) is 0 Å². The van der Waals surface area contributed by atoms with Gasteiger partial charge in [-0.2, -0.15) is 0 Å². The fourth-order valence-corrected chi connectivity index (χ4v) is 8.63. The van der Waals surface area contributed by atoms with Crippen molar-refractivity contribution in [2.75, 3.05) is 17.3 Å². The van der Waals surface area contributed by atoms with Crippen LogP contribution in [0.25, 0.3) is 0 Å². The Bertz CT molecular complexity index is 1630. The molecule has 9 nitrogen and oxygen atoms in total. The highest BCUT2D eigenvalue weighted by molar-refractivity contribution is 8.00. The molecule has 0 spiro atoms. The molecule has 1 saturated heterocycles. The molecule has 4 heterocycles. The van der Waals surface area contributed by atoms with Crippen molar-refractivity contribution in [2.45, 2.75) is 22.7 Å². The lowest BCUT2D eigenvalue weighted by Gasteiger charge is -2.29. The number of nitrogens with one attached hydrogen (secondary N) is 1. The number of carbonyl (C=O) groups excluding carboxylic acids is 3. The highest BCUT2D eigenvalue weighted by Gasteiger charge is 2.57. The van der Waals surface area contributed by atoms with E-state index >= 15 is 0 Å². The number of imide groups is 1. The van der Waals surface area contributed by atoms with Gasteiger partial charge in [0.2, 0.25) is 17.7 Å². The number of aromatic hydroxyl groups is 1. The zero-order chi connectivity index (χ0) is 27.3. The fourth-order valence-electron chi connectivity index (χ4n) is 4.90. The number of phenols is 1. The third-order valence-electron chi connectivity index (χ3n) is 6.68. The maximum Gasteiger partial charge on any atom is 0.308 e. The van der Waals surface area contributed by atoms with Crippen LogP contribution in [0.3, 0.4) is 0 Å². The van der Waals surface area contributed by atoms with E-state index in [9.17, 15) is 24.3 Å². The van der Waals surface area contributed by atoms with Crippen LogP contribution in [0.1, 0.15) is 15.7 Å². The van der Waals surface area contributed by atoms with Crippen molar-refractivity contribution in [2.24, 2.45) is 5.92 Å². The molecule has 2 aliphatic rings. The quantitative estimate of drug-likeness (QED) is 0.261. The summed E-state index contributed by atoms with van der Waals surface area (Å²) >= 11 is 3.65. The van der Waals surface area contributed by atoms with E-state index < -0.39 is 23.0 Å². The predicted octanol–water partition coefficient (Wildman–Crippen LogP) is 4.12. The Balaban J connectivity index is 1.36. The van der Waals surface area contributed by atoms with Crippen molar-refractivity contribution < 1.29 is 24.2 Å². The number of thiophene rings is 1. The van der Waals surface area contributed by atoms with Gasteiger partial charge >= 0.3 is 4.87 Å². The van der Waals surface area contributed by atoms with Gasteiger partial charge in [-0.15, -0.1) is 11.3 Å². The van der Waals surface area contributed by atoms with Gasteiger partial charge in [-0.05, 0) is 60.0 Å². The molecule has 2 aromatic heterocycles. The summed E-state index contributed by atoms with van der Waals surface area (Å²) in [7, 11) is 1.54. The lowest BCUT2D eigenvalue weighted by atomic mass is 9.87. The molecular weight excluding hydrogens is 559 g/mol. The molecule has 0 unspecified atom stereocenters. The zero-order valence-corrected chi connectivity index (χ0v) is 22.8. The smallest absolute Gasteiger partial charge is 0.308 e. The van der Waals surface area contributed by atoms with Crippen molar-refractivity contribution >= 4 is 63.5 Å². The van der Waals surface area contributed by atoms with E-state index in [2.05, 4.69) is 5.32 Å².